The molecular weight excluding hydrogens is 377 g/mol. The summed E-state index contributed by atoms with van der Waals surface area (Å²) in [5.41, 5.74) is 7.27. The summed E-state index contributed by atoms with van der Waals surface area (Å²) in [6, 6.07) is 0. The molecular formula is C18H27F3N4O3. The van der Waals surface area contributed by atoms with Gasteiger partial charge in [-0.2, -0.15) is 13.2 Å². The standard InChI is InChI=1S/C18H27F3N4O3/c1-10-11(2)24-15(22)14(25-12(26)6-18(19,20)21)13(10)23-7-17(5)8-27-16(3,4)28-9-17/h6-9H2,1-5H3,(H,25,26)(H3,22,23,24). The van der Waals surface area contributed by atoms with Gasteiger partial charge in [0.25, 0.3) is 0 Å². The summed E-state index contributed by atoms with van der Waals surface area (Å²) in [5, 5.41) is 5.44. The molecule has 158 valence electrons. The van der Waals surface area contributed by atoms with Crippen molar-refractivity contribution in [2.45, 2.75) is 53.0 Å². The third kappa shape index (κ3) is 5.71. The Hall–Kier alpha value is -2.07. The molecule has 2 heterocycles. The number of pyridine rings is 1. The number of nitrogens with one attached hydrogen (secondary N) is 2. The van der Waals surface area contributed by atoms with E-state index in [-0.39, 0.29) is 16.9 Å². The number of amides is 1. The zero-order valence-corrected chi connectivity index (χ0v) is 16.7. The Morgan fingerprint density at radius 2 is 1.75 bits per heavy atom. The Morgan fingerprint density at radius 1 is 1.18 bits per heavy atom. The molecule has 10 heteroatoms. The zero-order valence-electron chi connectivity index (χ0n) is 16.7. The van der Waals surface area contributed by atoms with Gasteiger partial charge < -0.3 is 25.8 Å². The summed E-state index contributed by atoms with van der Waals surface area (Å²) in [5.74, 6) is -1.92. The Kier molecular flexibility index (Phi) is 6.15. The van der Waals surface area contributed by atoms with E-state index in [9.17, 15) is 18.0 Å². The van der Waals surface area contributed by atoms with Gasteiger partial charge in [-0.15, -0.1) is 0 Å². The first kappa shape index (κ1) is 22.2. The molecule has 0 aromatic carbocycles. The summed E-state index contributed by atoms with van der Waals surface area (Å²) < 4.78 is 48.9. The van der Waals surface area contributed by atoms with Crippen molar-refractivity contribution in [2.75, 3.05) is 36.1 Å². The maximum atomic E-state index is 12.5. The summed E-state index contributed by atoms with van der Waals surface area (Å²) in [6.45, 7) is 10.4. The van der Waals surface area contributed by atoms with E-state index in [0.717, 1.165) is 0 Å². The minimum absolute atomic E-state index is 0.0407. The van der Waals surface area contributed by atoms with Gasteiger partial charge in [-0.3, -0.25) is 4.79 Å². The van der Waals surface area contributed by atoms with Crippen LogP contribution in [0.15, 0.2) is 0 Å². The monoisotopic (exact) mass is 404 g/mol. The van der Waals surface area contributed by atoms with Crippen LogP contribution in [-0.4, -0.2) is 42.6 Å². The number of nitrogens with two attached hydrogens (primary N) is 1. The topological polar surface area (TPSA) is 98.5 Å². The van der Waals surface area contributed by atoms with Gasteiger partial charge in [0.2, 0.25) is 5.91 Å². The van der Waals surface area contributed by atoms with Crippen LogP contribution in [0.3, 0.4) is 0 Å². The average Bonchev–Trinajstić information content (AvgIpc) is 2.54. The Morgan fingerprint density at radius 3 is 2.29 bits per heavy atom. The van der Waals surface area contributed by atoms with Crippen LogP contribution >= 0.6 is 0 Å². The van der Waals surface area contributed by atoms with Crippen molar-refractivity contribution in [3.8, 4) is 0 Å². The second-order valence-corrected chi connectivity index (χ2v) is 7.94. The van der Waals surface area contributed by atoms with E-state index in [1.165, 1.54) is 0 Å². The van der Waals surface area contributed by atoms with Gasteiger partial charge in [0.1, 0.15) is 17.9 Å². The highest BCUT2D eigenvalue weighted by Gasteiger charge is 2.37. The van der Waals surface area contributed by atoms with Gasteiger partial charge in [-0.1, -0.05) is 6.92 Å². The van der Waals surface area contributed by atoms with Crippen LogP contribution in [0.4, 0.5) is 30.4 Å². The number of nitrogen functional groups attached to an aromatic ring is 1. The van der Waals surface area contributed by atoms with E-state index in [1.807, 2.05) is 20.8 Å². The number of anilines is 3. The van der Waals surface area contributed by atoms with Crippen molar-refractivity contribution in [1.82, 2.24) is 4.98 Å². The molecule has 1 amide bonds. The van der Waals surface area contributed by atoms with E-state index < -0.39 is 24.3 Å². The molecule has 28 heavy (non-hydrogen) atoms. The number of halogens is 3. The molecule has 1 fully saturated rings. The molecule has 0 atom stereocenters. The van der Waals surface area contributed by atoms with Crippen LogP contribution in [0.1, 0.15) is 38.4 Å². The predicted octanol–water partition coefficient (Wildman–Crippen LogP) is 3.37. The molecule has 1 aromatic heterocycles. The first-order valence-corrected chi connectivity index (χ1v) is 8.86. The fourth-order valence-electron chi connectivity index (χ4n) is 2.71. The van der Waals surface area contributed by atoms with Gasteiger partial charge in [-0.05, 0) is 33.3 Å². The van der Waals surface area contributed by atoms with E-state index in [1.54, 1.807) is 13.8 Å². The normalized spacial score (nSPS) is 18.6. The molecule has 0 unspecified atom stereocenters. The molecule has 0 spiro atoms. The van der Waals surface area contributed by atoms with Crippen molar-refractivity contribution < 1.29 is 27.4 Å². The fraction of sp³-hybridized carbons (Fsp3) is 0.667. The molecule has 1 aliphatic rings. The number of rotatable bonds is 5. The summed E-state index contributed by atoms with van der Waals surface area (Å²) >= 11 is 0. The molecule has 0 radical (unpaired) electrons. The summed E-state index contributed by atoms with van der Waals surface area (Å²) in [7, 11) is 0. The maximum Gasteiger partial charge on any atom is 0.397 e. The molecule has 1 aliphatic heterocycles. The summed E-state index contributed by atoms with van der Waals surface area (Å²) in [6.07, 6.45) is -6.22. The Balaban J connectivity index is 2.22. The third-order valence-corrected chi connectivity index (χ3v) is 4.57. The van der Waals surface area contributed by atoms with Crippen molar-refractivity contribution in [1.29, 1.82) is 0 Å². The SMILES string of the molecule is Cc1nc(N)c(NC(=O)CC(F)(F)F)c(NCC2(C)COC(C)(C)OC2)c1C. The number of alkyl halides is 3. The third-order valence-electron chi connectivity index (χ3n) is 4.57. The largest absolute Gasteiger partial charge is 0.397 e. The second-order valence-electron chi connectivity index (χ2n) is 7.94. The molecule has 4 N–H and O–H groups in total. The number of hydrogen-bond acceptors (Lipinski definition) is 6. The van der Waals surface area contributed by atoms with Crippen LogP contribution in [0.5, 0.6) is 0 Å². The van der Waals surface area contributed by atoms with Crippen molar-refractivity contribution in [2.24, 2.45) is 5.41 Å². The average molecular weight is 404 g/mol. The molecule has 1 aromatic rings. The van der Waals surface area contributed by atoms with Crippen LogP contribution in [0.25, 0.3) is 0 Å². The smallest absolute Gasteiger partial charge is 0.382 e. The maximum absolute atomic E-state index is 12.5. The van der Waals surface area contributed by atoms with E-state index >= 15 is 0 Å². The van der Waals surface area contributed by atoms with Crippen molar-refractivity contribution in [3.05, 3.63) is 11.3 Å². The molecule has 0 bridgehead atoms. The Labute approximate surface area is 162 Å². The molecule has 0 saturated carbocycles. The van der Waals surface area contributed by atoms with E-state index in [0.29, 0.717) is 36.7 Å². The van der Waals surface area contributed by atoms with E-state index in [2.05, 4.69) is 15.6 Å². The highest BCUT2D eigenvalue weighted by Crippen LogP contribution is 2.35. The number of ether oxygens (including phenoxy) is 2. The van der Waals surface area contributed by atoms with Crippen molar-refractivity contribution in [3.63, 3.8) is 0 Å². The van der Waals surface area contributed by atoms with Crippen molar-refractivity contribution >= 4 is 23.1 Å². The van der Waals surface area contributed by atoms with Crippen LogP contribution < -0.4 is 16.4 Å². The highest BCUT2D eigenvalue weighted by atomic mass is 19.4. The van der Waals surface area contributed by atoms with Gasteiger partial charge >= 0.3 is 6.18 Å². The molecule has 0 aliphatic carbocycles. The first-order valence-electron chi connectivity index (χ1n) is 8.86. The fourth-order valence-corrected chi connectivity index (χ4v) is 2.71. The number of aromatic nitrogens is 1. The molecule has 7 nitrogen and oxygen atoms in total. The quantitative estimate of drug-likeness (QED) is 0.696. The van der Waals surface area contributed by atoms with Gasteiger partial charge in [0, 0.05) is 17.7 Å². The number of carbonyl (C=O) groups excluding carboxylic acids is 1. The van der Waals surface area contributed by atoms with Gasteiger partial charge in [0.15, 0.2) is 5.79 Å². The van der Waals surface area contributed by atoms with E-state index in [4.69, 9.17) is 15.2 Å². The van der Waals surface area contributed by atoms with Gasteiger partial charge in [0.05, 0.1) is 18.9 Å². The lowest BCUT2D eigenvalue weighted by Gasteiger charge is -2.41. The molecule has 2 rings (SSSR count). The Bertz CT molecular complexity index is 741. The first-order chi connectivity index (χ1) is 12.7. The number of hydrogen-bond donors (Lipinski definition) is 3. The number of nitrogens with zero attached hydrogens (tertiary/aromatic N) is 1. The summed E-state index contributed by atoms with van der Waals surface area (Å²) in [4.78, 5) is 15.9. The highest BCUT2D eigenvalue weighted by molar-refractivity contribution is 5.98. The van der Waals surface area contributed by atoms with Gasteiger partial charge in [-0.25, -0.2) is 4.98 Å². The second kappa shape index (κ2) is 7.75. The van der Waals surface area contributed by atoms with Crippen LogP contribution in [-0.2, 0) is 14.3 Å². The van der Waals surface area contributed by atoms with Crippen LogP contribution in [0, 0.1) is 19.3 Å². The minimum Gasteiger partial charge on any atom is -0.382 e. The lowest BCUT2D eigenvalue weighted by molar-refractivity contribution is -0.279. The van der Waals surface area contributed by atoms with Crippen LogP contribution in [0.2, 0.25) is 0 Å². The molecule has 1 saturated heterocycles. The lowest BCUT2D eigenvalue weighted by atomic mass is 9.91. The lowest BCUT2D eigenvalue weighted by Crippen LogP contribution is -2.48. The minimum atomic E-state index is -4.61. The number of aryl methyl sites for hydroxylation is 1. The number of carbonyl (C=O) groups is 1. The zero-order chi connectivity index (χ0) is 21.3. The predicted molar refractivity (Wildman–Crippen MR) is 100 cm³/mol.